The van der Waals surface area contributed by atoms with Gasteiger partial charge in [-0.3, -0.25) is 0 Å². The molecule has 0 aliphatic heterocycles. The van der Waals surface area contributed by atoms with E-state index in [9.17, 15) is 0 Å². The molecule has 0 amide bonds. The van der Waals surface area contributed by atoms with E-state index in [-0.39, 0.29) is 6.04 Å². The van der Waals surface area contributed by atoms with Gasteiger partial charge in [0.1, 0.15) is 0 Å². The van der Waals surface area contributed by atoms with Crippen molar-refractivity contribution in [1.82, 2.24) is 0 Å². The molecule has 0 spiro atoms. The van der Waals surface area contributed by atoms with Gasteiger partial charge in [-0.1, -0.05) is 24.3 Å². The minimum Gasteiger partial charge on any atom is -0.324 e. The van der Waals surface area contributed by atoms with Gasteiger partial charge >= 0.3 is 0 Å². The van der Waals surface area contributed by atoms with Crippen LogP contribution in [-0.4, -0.2) is 0 Å². The summed E-state index contributed by atoms with van der Waals surface area (Å²) in [5.74, 6) is 0. The molecule has 2 N–H and O–H groups in total. The van der Waals surface area contributed by atoms with E-state index in [2.05, 4.69) is 54.3 Å². The lowest BCUT2D eigenvalue weighted by molar-refractivity contribution is 0.736. The van der Waals surface area contributed by atoms with Gasteiger partial charge in [0.2, 0.25) is 0 Å². The van der Waals surface area contributed by atoms with Gasteiger partial charge in [0, 0.05) is 9.61 Å². The maximum atomic E-state index is 6.00. The molecule has 1 rings (SSSR count). The predicted octanol–water partition coefficient (Wildman–Crippen LogP) is 3.18. The van der Waals surface area contributed by atoms with Crippen LogP contribution in [0.15, 0.2) is 30.9 Å². The van der Waals surface area contributed by atoms with Crippen LogP contribution in [0.2, 0.25) is 0 Å². The summed E-state index contributed by atoms with van der Waals surface area (Å²) in [6.07, 6.45) is 2.70. The van der Waals surface area contributed by atoms with Crippen molar-refractivity contribution in [3.63, 3.8) is 0 Å². The minimum absolute atomic E-state index is 0.0873. The van der Waals surface area contributed by atoms with Gasteiger partial charge in [-0.05, 0) is 47.1 Å². The predicted molar refractivity (Wildman–Crippen MR) is 65.6 cm³/mol. The first-order valence-corrected chi connectivity index (χ1v) is 5.36. The minimum atomic E-state index is 0.0873. The number of benzene rings is 1. The van der Waals surface area contributed by atoms with E-state index in [1.165, 1.54) is 14.7 Å². The first kappa shape index (κ1) is 10.7. The summed E-state index contributed by atoms with van der Waals surface area (Å²) in [4.78, 5) is 0. The molecule has 1 unspecified atom stereocenters. The summed E-state index contributed by atoms with van der Waals surface area (Å²) in [6, 6.07) is 6.33. The highest BCUT2D eigenvalue weighted by molar-refractivity contribution is 14.1. The Morgan fingerprint density at radius 2 is 2.31 bits per heavy atom. The van der Waals surface area contributed by atoms with Crippen molar-refractivity contribution in [2.75, 3.05) is 0 Å². The van der Waals surface area contributed by atoms with Crippen LogP contribution < -0.4 is 5.73 Å². The molecule has 0 aliphatic rings. The number of hydrogen-bond acceptors (Lipinski definition) is 1. The van der Waals surface area contributed by atoms with E-state index in [0.717, 1.165) is 6.42 Å². The highest BCUT2D eigenvalue weighted by Gasteiger charge is 2.08. The quantitative estimate of drug-likeness (QED) is 0.670. The number of rotatable bonds is 3. The molecule has 0 bridgehead atoms. The molecule has 0 heterocycles. The molecule has 1 aromatic carbocycles. The van der Waals surface area contributed by atoms with Gasteiger partial charge in [0.15, 0.2) is 0 Å². The third-order valence-corrected chi connectivity index (χ3v) is 3.52. The Bertz CT molecular complexity index is 307. The lowest BCUT2D eigenvalue weighted by atomic mass is 10.0. The summed E-state index contributed by atoms with van der Waals surface area (Å²) in [7, 11) is 0. The van der Waals surface area contributed by atoms with Crippen LogP contribution in [0.4, 0.5) is 0 Å². The summed E-state index contributed by atoms with van der Waals surface area (Å²) in [5, 5.41) is 0. The zero-order chi connectivity index (χ0) is 9.84. The molecule has 0 saturated heterocycles. The summed E-state index contributed by atoms with van der Waals surface area (Å²) in [5.41, 5.74) is 8.51. The maximum Gasteiger partial charge on any atom is 0.0340 e. The van der Waals surface area contributed by atoms with Crippen LogP contribution in [0.5, 0.6) is 0 Å². The number of hydrogen-bond donors (Lipinski definition) is 1. The fourth-order valence-corrected chi connectivity index (χ4v) is 2.02. The van der Waals surface area contributed by atoms with E-state index >= 15 is 0 Å². The van der Waals surface area contributed by atoms with Gasteiger partial charge in [0.25, 0.3) is 0 Å². The Balaban J connectivity index is 3.00. The lowest BCUT2D eigenvalue weighted by Gasteiger charge is -2.13. The Hall–Kier alpha value is -0.350. The Labute approximate surface area is 93.2 Å². The second-order valence-corrected chi connectivity index (χ2v) is 4.19. The van der Waals surface area contributed by atoms with Crippen molar-refractivity contribution in [2.24, 2.45) is 5.73 Å². The molecule has 13 heavy (non-hydrogen) atoms. The summed E-state index contributed by atoms with van der Waals surface area (Å²) < 4.78 is 1.27. The molecule has 1 nitrogen and oxygen atoms in total. The summed E-state index contributed by atoms with van der Waals surface area (Å²) >= 11 is 2.35. The molecular formula is C11H14IN. The number of aryl methyl sites for hydroxylation is 1. The van der Waals surface area contributed by atoms with Gasteiger partial charge in [-0.15, -0.1) is 6.58 Å². The van der Waals surface area contributed by atoms with Crippen molar-refractivity contribution >= 4 is 22.6 Å². The van der Waals surface area contributed by atoms with Crippen LogP contribution in [0.1, 0.15) is 23.6 Å². The Morgan fingerprint density at radius 1 is 1.62 bits per heavy atom. The first-order chi connectivity index (χ1) is 6.16. The second-order valence-electron chi connectivity index (χ2n) is 3.11. The third kappa shape index (κ3) is 2.54. The van der Waals surface area contributed by atoms with Crippen LogP contribution in [0, 0.1) is 10.5 Å². The van der Waals surface area contributed by atoms with Gasteiger partial charge in [0.05, 0.1) is 0 Å². The topological polar surface area (TPSA) is 26.0 Å². The third-order valence-electron chi connectivity index (χ3n) is 2.04. The monoisotopic (exact) mass is 287 g/mol. The zero-order valence-corrected chi connectivity index (χ0v) is 9.91. The highest BCUT2D eigenvalue weighted by atomic mass is 127. The Morgan fingerprint density at radius 3 is 2.92 bits per heavy atom. The van der Waals surface area contributed by atoms with Crippen molar-refractivity contribution in [1.29, 1.82) is 0 Å². The molecule has 0 radical (unpaired) electrons. The summed E-state index contributed by atoms with van der Waals surface area (Å²) in [6.45, 7) is 5.80. The van der Waals surface area contributed by atoms with Crippen LogP contribution in [0.25, 0.3) is 0 Å². The lowest BCUT2D eigenvalue weighted by Crippen LogP contribution is -2.11. The SMILES string of the molecule is C=CCC(N)c1cccc(C)c1I. The highest BCUT2D eigenvalue weighted by Crippen LogP contribution is 2.23. The molecule has 0 saturated carbocycles. The molecule has 0 aromatic heterocycles. The van der Waals surface area contributed by atoms with E-state index in [1.54, 1.807) is 0 Å². The standard InChI is InChI=1S/C11H14IN/c1-3-5-10(13)9-7-4-6-8(2)11(9)12/h3-4,6-7,10H,1,5,13H2,2H3. The van der Waals surface area contributed by atoms with Crippen molar-refractivity contribution in [3.05, 3.63) is 45.6 Å². The van der Waals surface area contributed by atoms with Crippen molar-refractivity contribution < 1.29 is 0 Å². The average molecular weight is 287 g/mol. The molecule has 1 atom stereocenters. The van der Waals surface area contributed by atoms with E-state index in [4.69, 9.17) is 5.73 Å². The number of halogens is 1. The first-order valence-electron chi connectivity index (χ1n) is 4.28. The van der Waals surface area contributed by atoms with Gasteiger partial charge < -0.3 is 5.73 Å². The maximum absolute atomic E-state index is 6.00. The van der Waals surface area contributed by atoms with Crippen molar-refractivity contribution in [3.8, 4) is 0 Å². The van der Waals surface area contributed by atoms with Crippen molar-refractivity contribution in [2.45, 2.75) is 19.4 Å². The largest absolute Gasteiger partial charge is 0.324 e. The smallest absolute Gasteiger partial charge is 0.0340 e. The fraction of sp³-hybridized carbons (Fsp3) is 0.273. The molecule has 0 aliphatic carbocycles. The zero-order valence-electron chi connectivity index (χ0n) is 7.76. The van der Waals surface area contributed by atoms with E-state index in [1.807, 2.05) is 6.08 Å². The Kier molecular flexibility index (Phi) is 3.93. The van der Waals surface area contributed by atoms with E-state index in [0.29, 0.717) is 0 Å². The van der Waals surface area contributed by atoms with Crippen LogP contribution in [-0.2, 0) is 0 Å². The van der Waals surface area contributed by atoms with Crippen LogP contribution >= 0.6 is 22.6 Å². The normalized spacial score (nSPS) is 12.5. The second kappa shape index (κ2) is 4.77. The average Bonchev–Trinajstić information content (AvgIpc) is 2.10. The molecule has 0 fully saturated rings. The molecule has 70 valence electrons. The molecule has 2 heteroatoms. The number of nitrogens with two attached hydrogens (primary N) is 1. The van der Waals surface area contributed by atoms with Crippen LogP contribution in [0.3, 0.4) is 0 Å². The fourth-order valence-electron chi connectivity index (χ4n) is 1.26. The molecule has 1 aromatic rings. The molecular weight excluding hydrogens is 273 g/mol. The van der Waals surface area contributed by atoms with Gasteiger partial charge in [-0.25, -0.2) is 0 Å². The van der Waals surface area contributed by atoms with E-state index < -0.39 is 0 Å². The van der Waals surface area contributed by atoms with Gasteiger partial charge in [-0.2, -0.15) is 0 Å².